The standard InChI is InChI=1S/C10H22N2O2S/c1-3-12(4-2)15(13,14)10-7-5-9(11)6-8-10/h9-10H,3-8,11H2,1-2H3. The summed E-state index contributed by atoms with van der Waals surface area (Å²) >= 11 is 0. The summed E-state index contributed by atoms with van der Waals surface area (Å²) in [6, 6.07) is 0.202. The monoisotopic (exact) mass is 234 g/mol. The molecule has 0 aromatic carbocycles. The molecule has 0 aromatic rings. The van der Waals surface area contributed by atoms with E-state index in [0.29, 0.717) is 13.1 Å². The molecule has 0 unspecified atom stereocenters. The highest BCUT2D eigenvalue weighted by Gasteiger charge is 2.32. The van der Waals surface area contributed by atoms with Crippen molar-refractivity contribution in [1.82, 2.24) is 4.31 Å². The molecule has 0 saturated heterocycles. The maximum atomic E-state index is 12.1. The van der Waals surface area contributed by atoms with Gasteiger partial charge in [0.1, 0.15) is 0 Å². The van der Waals surface area contributed by atoms with Crippen molar-refractivity contribution >= 4 is 10.0 Å². The van der Waals surface area contributed by atoms with Crippen LogP contribution in [0.1, 0.15) is 39.5 Å². The Kier molecular flexibility index (Phi) is 4.55. The smallest absolute Gasteiger partial charge is 0.216 e. The number of rotatable bonds is 4. The zero-order valence-corrected chi connectivity index (χ0v) is 10.5. The second-order valence-electron chi connectivity index (χ2n) is 4.17. The molecule has 1 rings (SSSR count). The van der Waals surface area contributed by atoms with Crippen molar-refractivity contribution in [3.63, 3.8) is 0 Å². The molecule has 0 heterocycles. The second kappa shape index (κ2) is 5.27. The summed E-state index contributed by atoms with van der Waals surface area (Å²) in [5.41, 5.74) is 5.77. The predicted molar refractivity (Wildman–Crippen MR) is 62.1 cm³/mol. The van der Waals surface area contributed by atoms with Gasteiger partial charge in [-0.3, -0.25) is 0 Å². The van der Waals surface area contributed by atoms with Gasteiger partial charge in [-0.1, -0.05) is 13.8 Å². The Morgan fingerprint density at radius 2 is 1.60 bits per heavy atom. The third-order valence-electron chi connectivity index (χ3n) is 3.21. The fourth-order valence-corrected chi connectivity index (χ4v) is 4.19. The van der Waals surface area contributed by atoms with Crippen LogP contribution in [0.15, 0.2) is 0 Å². The number of nitrogens with zero attached hydrogens (tertiary/aromatic N) is 1. The molecule has 0 atom stereocenters. The average Bonchev–Trinajstić information content (AvgIpc) is 2.19. The zero-order valence-electron chi connectivity index (χ0n) is 9.65. The summed E-state index contributed by atoms with van der Waals surface area (Å²) in [6.07, 6.45) is 3.12. The van der Waals surface area contributed by atoms with Gasteiger partial charge in [0, 0.05) is 19.1 Å². The molecule has 0 radical (unpaired) electrons. The van der Waals surface area contributed by atoms with E-state index in [-0.39, 0.29) is 11.3 Å². The maximum Gasteiger partial charge on any atom is 0.216 e. The molecule has 0 amide bonds. The van der Waals surface area contributed by atoms with Gasteiger partial charge in [-0.2, -0.15) is 0 Å². The molecule has 1 aliphatic carbocycles. The van der Waals surface area contributed by atoms with Crippen molar-refractivity contribution in [2.45, 2.75) is 50.8 Å². The molecule has 0 aromatic heterocycles. The van der Waals surface area contributed by atoms with E-state index in [1.54, 1.807) is 4.31 Å². The summed E-state index contributed by atoms with van der Waals surface area (Å²) in [7, 11) is -3.07. The first-order valence-electron chi connectivity index (χ1n) is 5.76. The van der Waals surface area contributed by atoms with Gasteiger partial charge < -0.3 is 5.73 Å². The first-order valence-corrected chi connectivity index (χ1v) is 7.27. The van der Waals surface area contributed by atoms with Crippen LogP contribution in [0.25, 0.3) is 0 Å². The molecule has 0 bridgehead atoms. The number of sulfonamides is 1. The number of hydrogen-bond acceptors (Lipinski definition) is 3. The van der Waals surface area contributed by atoms with Gasteiger partial charge in [-0.25, -0.2) is 12.7 Å². The number of nitrogens with two attached hydrogens (primary N) is 1. The van der Waals surface area contributed by atoms with Gasteiger partial charge >= 0.3 is 0 Å². The lowest BCUT2D eigenvalue weighted by molar-refractivity contribution is 0.392. The SMILES string of the molecule is CCN(CC)S(=O)(=O)C1CCC(N)CC1. The molecule has 15 heavy (non-hydrogen) atoms. The summed E-state index contributed by atoms with van der Waals surface area (Å²) in [6.45, 7) is 4.91. The van der Waals surface area contributed by atoms with Crippen LogP contribution < -0.4 is 5.73 Å². The minimum atomic E-state index is -3.07. The van der Waals surface area contributed by atoms with Crippen molar-refractivity contribution in [3.05, 3.63) is 0 Å². The Bertz CT molecular complexity index is 278. The first-order chi connectivity index (χ1) is 7.02. The van der Waals surface area contributed by atoms with E-state index in [0.717, 1.165) is 25.7 Å². The fourth-order valence-electron chi connectivity index (χ4n) is 2.18. The highest BCUT2D eigenvalue weighted by molar-refractivity contribution is 7.89. The summed E-state index contributed by atoms with van der Waals surface area (Å²) < 4.78 is 25.8. The summed E-state index contributed by atoms with van der Waals surface area (Å²) in [5, 5.41) is -0.197. The van der Waals surface area contributed by atoms with E-state index >= 15 is 0 Å². The molecule has 1 fully saturated rings. The van der Waals surface area contributed by atoms with Gasteiger partial charge in [0.2, 0.25) is 10.0 Å². The van der Waals surface area contributed by atoms with Crippen molar-refractivity contribution in [2.75, 3.05) is 13.1 Å². The van der Waals surface area contributed by atoms with Gasteiger partial charge in [-0.15, -0.1) is 0 Å². The first kappa shape index (κ1) is 12.9. The van der Waals surface area contributed by atoms with Crippen LogP contribution in [0, 0.1) is 0 Å². The molecular weight excluding hydrogens is 212 g/mol. The van der Waals surface area contributed by atoms with Crippen LogP contribution in [0.2, 0.25) is 0 Å². The highest BCUT2D eigenvalue weighted by Crippen LogP contribution is 2.25. The van der Waals surface area contributed by atoms with Crippen LogP contribution in [0.3, 0.4) is 0 Å². The minimum absolute atomic E-state index is 0.197. The third kappa shape index (κ3) is 2.92. The van der Waals surface area contributed by atoms with Crippen molar-refractivity contribution in [1.29, 1.82) is 0 Å². The Morgan fingerprint density at radius 1 is 1.13 bits per heavy atom. The largest absolute Gasteiger partial charge is 0.328 e. The molecule has 1 aliphatic rings. The number of hydrogen-bond donors (Lipinski definition) is 1. The maximum absolute atomic E-state index is 12.1. The van der Waals surface area contributed by atoms with Gasteiger partial charge in [-0.05, 0) is 25.7 Å². The zero-order chi connectivity index (χ0) is 11.5. The van der Waals surface area contributed by atoms with Crippen LogP contribution in [-0.4, -0.2) is 37.1 Å². The van der Waals surface area contributed by atoms with Crippen LogP contribution in [0.4, 0.5) is 0 Å². The van der Waals surface area contributed by atoms with E-state index in [2.05, 4.69) is 0 Å². The Balaban J connectivity index is 2.69. The molecule has 1 saturated carbocycles. The topological polar surface area (TPSA) is 63.4 Å². The molecule has 0 aliphatic heterocycles. The Hall–Kier alpha value is -0.130. The third-order valence-corrected chi connectivity index (χ3v) is 5.76. The molecule has 2 N–H and O–H groups in total. The molecule has 90 valence electrons. The van der Waals surface area contributed by atoms with E-state index < -0.39 is 10.0 Å². The second-order valence-corrected chi connectivity index (χ2v) is 6.38. The van der Waals surface area contributed by atoms with Crippen molar-refractivity contribution in [3.8, 4) is 0 Å². The van der Waals surface area contributed by atoms with Crippen LogP contribution in [0.5, 0.6) is 0 Å². The summed E-state index contributed by atoms with van der Waals surface area (Å²) in [4.78, 5) is 0. The van der Waals surface area contributed by atoms with Gasteiger partial charge in [0.15, 0.2) is 0 Å². The lowest BCUT2D eigenvalue weighted by atomic mass is 9.96. The molecule has 0 spiro atoms. The van der Waals surface area contributed by atoms with Crippen molar-refractivity contribution < 1.29 is 8.42 Å². The van der Waals surface area contributed by atoms with Gasteiger partial charge in [0.05, 0.1) is 5.25 Å². The van der Waals surface area contributed by atoms with Crippen LogP contribution in [-0.2, 0) is 10.0 Å². The van der Waals surface area contributed by atoms with E-state index in [1.165, 1.54) is 0 Å². The molecule has 4 nitrogen and oxygen atoms in total. The summed E-state index contributed by atoms with van der Waals surface area (Å²) in [5.74, 6) is 0. The van der Waals surface area contributed by atoms with Gasteiger partial charge in [0.25, 0.3) is 0 Å². The van der Waals surface area contributed by atoms with E-state index in [4.69, 9.17) is 5.73 Å². The average molecular weight is 234 g/mol. The quantitative estimate of drug-likeness (QED) is 0.787. The minimum Gasteiger partial charge on any atom is -0.328 e. The predicted octanol–water partition coefficient (Wildman–Crippen LogP) is 0.928. The van der Waals surface area contributed by atoms with Crippen molar-refractivity contribution in [2.24, 2.45) is 5.73 Å². The normalized spacial score (nSPS) is 28.3. The van der Waals surface area contributed by atoms with E-state index in [1.807, 2.05) is 13.8 Å². The fraction of sp³-hybridized carbons (Fsp3) is 1.00. The van der Waals surface area contributed by atoms with E-state index in [9.17, 15) is 8.42 Å². The highest BCUT2D eigenvalue weighted by atomic mass is 32.2. The Labute approximate surface area is 92.9 Å². The lowest BCUT2D eigenvalue weighted by Gasteiger charge is -2.30. The molecular formula is C10H22N2O2S. The molecule has 5 heteroatoms. The van der Waals surface area contributed by atoms with Crippen LogP contribution >= 0.6 is 0 Å². The lowest BCUT2D eigenvalue weighted by Crippen LogP contribution is -2.42. The Morgan fingerprint density at radius 3 is 2.00 bits per heavy atom.